The maximum atomic E-state index is 11.6. The Kier molecular flexibility index (Phi) is 5.28. The molecule has 1 aliphatic heterocycles. The topological polar surface area (TPSA) is 46.6 Å². The average Bonchev–Trinajstić information content (AvgIpc) is 2.41. The summed E-state index contributed by atoms with van der Waals surface area (Å²) in [4.78, 5) is 23.8. The zero-order valence-corrected chi connectivity index (χ0v) is 13.6. The van der Waals surface area contributed by atoms with E-state index in [9.17, 15) is 9.59 Å². The molecule has 3 rings (SSSR count). The fourth-order valence-electron chi connectivity index (χ4n) is 3.11. The van der Waals surface area contributed by atoms with Gasteiger partial charge in [-0.25, -0.2) is 4.79 Å². The summed E-state index contributed by atoms with van der Waals surface area (Å²) in [7, 11) is 0. The molecule has 2 aliphatic carbocycles. The van der Waals surface area contributed by atoms with E-state index < -0.39 is 5.60 Å². The van der Waals surface area contributed by atoms with Gasteiger partial charge in [0.15, 0.2) is 0 Å². The van der Waals surface area contributed by atoms with Gasteiger partial charge in [0.2, 0.25) is 0 Å². The van der Waals surface area contributed by atoms with Crippen molar-refractivity contribution in [2.24, 2.45) is 17.8 Å². The van der Waals surface area contributed by atoms with Crippen molar-refractivity contribution in [2.45, 2.75) is 64.9 Å². The molecular formula is C17H29NO3. The summed E-state index contributed by atoms with van der Waals surface area (Å²) in [6.45, 7) is 6.80. The molecule has 0 aromatic heterocycles. The molecule has 0 N–H and O–H groups in total. The maximum Gasteiger partial charge on any atom is 0.410 e. The second-order valence-electron chi connectivity index (χ2n) is 7.62. The van der Waals surface area contributed by atoms with E-state index in [-0.39, 0.29) is 12.0 Å². The quantitative estimate of drug-likeness (QED) is 0.694. The normalized spacial score (nSPS) is 28.2. The van der Waals surface area contributed by atoms with Gasteiger partial charge in [-0.05, 0) is 71.1 Å². The van der Waals surface area contributed by atoms with Crippen molar-refractivity contribution in [3.05, 3.63) is 0 Å². The third-order valence-corrected chi connectivity index (χ3v) is 4.87. The molecule has 1 amide bonds. The van der Waals surface area contributed by atoms with Crippen molar-refractivity contribution < 1.29 is 14.3 Å². The van der Waals surface area contributed by atoms with Crippen LogP contribution in [0, 0.1) is 17.8 Å². The Balaban J connectivity index is 0.000000218. The first-order chi connectivity index (χ1) is 9.89. The van der Waals surface area contributed by atoms with Gasteiger partial charge in [0.1, 0.15) is 11.9 Å². The van der Waals surface area contributed by atoms with Crippen molar-refractivity contribution >= 4 is 12.4 Å². The lowest BCUT2D eigenvalue weighted by Gasteiger charge is -2.46. The molecular weight excluding hydrogens is 266 g/mol. The summed E-state index contributed by atoms with van der Waals surface area (Å²) in [5, 5.41) is 0. The molecule has 3 fully saturated rings. The third kappa shape index (κ3) is 4.72. The summed E-state index contributed by atoms with van der Waals surface area (Å²) in [5.74, 6) is 2.54. The predicted octanol–water partition coefficient (Wildman–Crippen LogP) is 3.64. The van der Waals surface area contributed by atoms with E-state index in [1.807, 2.05) is 20.8 Å². The third-order valence-electron chi connectivity index (χ3n) is 4.87. The van der Waals surface area contributed by atoms with Crippen LogP contribution in [0.15, 0.2) is 0 Å². The second kappa shape index (κ2) is 6.80. The average molecular weight is 295 g/mol. The van der Waals surface area contributed by atoms with Crippen molar-refractivity contribution in [3.63, 3.8) is 0 Å². The summed E-state index contributed by atoms with van der Waals surface area (Å²) >= 11 is 0. The van der Waals surface area contributed by atoms with Gasteiger partial charge in [-0.15, -0.1) is 0 Å². The number of ether oxygens (including phenoxy) is 1. The Bertz CT molecular complexity index is 349. The first kappa shape index (κ1) is 16.3. The lowest BCUT2D eigenvalue weighted by molar-refractivity contribution is -0.112. The van der Waals surface area contributed by atoms with Gasteiger partial charge in [0.05, 0.1) is 0 Å². The van der Waals surface area contributed by atoms with Crippen LogP contribution in [0.5, 0.6) is 0 Å². The minimum absolute atomic E-state index is 0.115. The molecule has 0 aromatic rings. The zero-order valence-electron chi connectivity index (χ0n) is 13.6. The number of aldehydes is 1. The van der Waals surface area contributed by atoms with E-state index in [1.54, 1.807) is 30.6 Å². The summed E-state index contributed by atoms with van der Waals surface area (Å²) < 4.78 is 5.24. The first-order valence-electron chi connectivity index (χ1n) is 8.32. The van der Waals surface area contributed by atoms with E-state index in [0.717, 1.165) is 19.1 Å². The molecule has 1 saturated heterocycles. The van der Waals surface area contributed by atoms with Gasteiger partial charge in [0.25, 0.3) is 0 Å². The molecule has 3 aliphatic rings. The lowest BCUT2D eigenvalue weighted by Crippen LogP contribution is -2.41. The van der Waals surface area contributed by atoms with Gasteiger partial charge in [-0.2, -0.15) is 0 Å². The molecule has 0 spiro atoms. The highest BCUT2D eigenvalue weighted by Gasteiger charge is 2.37. The number of piperidine rings is 1. The van der Waals surface area contributed by atoms with Crippen LogP contribution in [0.3, 0.4) is 0 Å². The SMILES string of the molecule is C1CC2CCC12.CC(C)(C)OC(=O)N1CCC(C=O)CC1. The van der Waals surface area contributed by atoms with E-state index in [4.69, 9.17) is 4.74 Å². The molecule has 0 bridgehead atoms. The standard InChI is InChI=1S/C11H19NO3.C6H10/c1-11(2,3)15-10(14)12-6-4-9(8-13)5-7-12;1-2-6-4-3-5(1)6/h8-9H,4-7H2,1-3H3;5-6H,1-4H2. The largest absolute Gasteiger partial charge is 0.444 e. The first-order valence-corrected chi connectivity index (χ1v) is 8.32. The molecule has 2 saturated carbocycles. The monoisotopic (exact) mass is 295 g/mol. The molecule has 4 heteroatoms. The van der Waals surface area contributed by atoms with Gasteiger partial charge < -0.3 is 14.4 Å². The highest BCUT2D eigenvalue weighted by molar-refractivity contribution is 5.68. The fraction of sp³-hybridized carbons (Fsp3) is 0.882. The van der Waals surface area contributed by atoms with E-state index in [1.165, 1.54) is 11.8 Å². The van der Waals surface area contributed by atoms with E-state index in [0.29, 0.717) is 13.1 Å². The molecule has 0 atom stereocenters. The minimum Gasteiger partial charge on any atom is -0.444 e. The molecule has 0 unspecified atom stereocenters. The van der Waals surface area contributed by atoms with Crippen LogP contribution < -0.4 is 0 Å². The highest BCUT2D eigenvalue weighted by Crippen LogP contribution is 2.49. The summed E-state index contributed by atoms with van der Waals surface area (Å²) in [6, 6.07) is 0. The number of hydrogen-bond acceptors (Lipinski definition) is 3. The summed E-state index contributed by atoms with van der Waals surface area (Å²) in [6.07, 6.45) is 8.45. The van der Waals surface area contributed by atoms with Crippen molar-refractivity contribution in [1.82, 2.24) is 4.90 Å². The van der Waals surface area contributed by atoms with Crippen LogP contribution in [0.25, 0.3) is 0 Å². The zero-order chi connectivity index (χ0) is 15.5. The van der Waals surface area contributed by atoms with Crippen molar-refractivity contribution in [2.75, 3.05) is 13.1 Å². The summed E-state index contributed by atoms with van der Waals surface area (Å²) in [5.41, 5.74) is -0.446. The van der Waals surface area contributed by atoms with Crippen LogP contribution in [0.2, 0.25) is 0 Å². The Morgan fingerprint density at radius 2 is 1.48 bits per heavy atom. The Labute approximate surface area is 128 Å². The number of likely N-dealkylation sites (tertiary alicyclic amines) is 1. The number of amides is 1. The van der Waals surface area contributed by atoms with Crippen molar-refractivity contribution in [1.29, 1.82) is 0 Å². The highest BCUT2D eigenvalue weighted by atomic mass is 16.6. The Morgan fingerprint density at radius 3 is 1.76 bits per heavy atom. The Hall–Kier alpha value is -1.06. The van der Waals surface area contributed by atoms with Crippen molar-refractivity contribution in [3.8, 4) is 0 Å². The van der Waals surface area contributed by atoms with Crippen LogP contribution in [0.1, 0.15) is 59.3 Å². The second-order valence-corrected chi connectivity index (χ2v) is 7.62. The number of rotatable bonds is 1. The van der Waals surface area contributed by atoms with Gasteiger partial charge in [-0.3, -0.25) is 0 Å². The fourth-order valence-corrected chi connectivity index (χ4v) is 3.11. The van der Waals surface area contributed by atoms with Gasteiger partial charge in [-0.1, -0.05) is 0 Å². The van der Waals surface area contributed by atoms with Gasteiger partial charge >= 0.3 is 6.09 Å². The van der Waals surface area contributed by atoms with E-state index in [2.05, 4.69) is 0 Å². The van der Waals surface area contributed by atoms with Crippen LogP contribution >= 0.6 is 0 Å². The smallest absolute Gasteiger partial charge is 0.410 e. The number of nitrogens with zero attached hydrogens (tertiary/aromatic N) is 1. The molecule has 4 nitrogen and oxygen atoms in total. The predicted molar refractivity (Wildman–Crippen MR) is 82.0 cm³/mol. The van der Waals surface area contributed by atoms with E-state index >= 15 is 0 Å². The molecule has 120 valence electrons. The van der Waals surface area contributed by atoms with Gasteiger partial charge in [0, 0.05) is 19.0 Å². The minimum atomic E-state index is -0.446. The molecule has 0 aromatic carbocycles. The lowest BCUT2D eigenvalue weighted by atomic mass is 9.60. The van der Waals surface area contributed by atoms with Crippen LogP contribution in [-0.2, 0) is 9.53 Å². The molecule has 1 heterocycles. The maximum absolute atomic E-state index is 11.6. The number of hydrogen-bond donors (Lipinski definition) is 0. The van der Waals surface area contributed by atoms with Crippen LogP contribution in [-0.4, -0.2) is 36.0 Å². The Morgan fingerprint density at radius 1 is 1.00 bits per heavy atom. The van der Waals surface area contributed by atoms with Crippen LogP contribution in [0.4, 0.5) is 4.79 Å². The number of fused-ring (bicyclic) bond motifs is 1. The molecule has 0 radical (unpaired) electrons. The number of carbonyl (C=O) groups excluding carboxylic acids is 2. The molecule has 21 heavy (non-hydrogen) atoms. The number of carbonyl (C=O) groups is 2.